The van der Waals surface area contributed by atoms with E-state index in [4.69, 9.17) is 0 Å². The Morgan fingerprint density at radius 2 is 2.33 bits per heavy atom. The predicted octanol–water partition coefficient (Wildman–Crippen LogP) is 0.850. The highest BCUT2D eigenvalue weighted by Crippen LogP contribution is 1.88. The number of hydrogen-bond donors (Lipinski definition) is 1. The maximum absolute atomic E-state index is 10.9. The molecule has 0 N–H and O–H groups in total. The lowest BCUT2D eigenvalue weighted by Crippen LogP contribution is -2.13. The van der Waals surface area contributed by atoms with Gasteiger partial charge in [-0.25, -0.2) is 0 Å². The molecule has 9 heavy (non-hydrogen) atoms. The minimum atomic E-state index is -0.0548. The molecule has 1 heterocycles. The summed E-state index contributed by atoms with van der Waals surface area (Å²) in [5, 5.41) is 0. The molecule has 1 aromatic rings. The zero-order valence-corrected chi connectivity index (χ0v) is 5.93. The molecule has 0 amide bonds. The molecule has 0 aliphatic rings. The van der Waals surface area contributed by atoms with Crippen molar-refractivity contribution in [2.45, 2.75) is 6.92 Å². The molecule has 0 bridgehead atoms. The van der Waals surface area contributed by atoms with Crippen LogP contribution in [0.5, 0.6) is 0 Å². The molecular formula is C6H7NOS. The van der Waals surface area contributed by atoms with Crippen LogP contribution in [0.15, 0.2) is 23.1 Å². The van der Waals surface area contributed by atoms with E-state index in [-0.39, 0.29) is 5.56 Å². The fourth-order valence-corrected chi connectivity index (χ4v) is 0.823. The van der Waals surface area contributed by atoms with Crippen LogP contribution in [-0.2, 0) is 0 Å². The number of rotatable bonds is 0. The average Bonchev–Trinajstić information content (AvgIpc) is 1.83. The minimum Gasteiger partial charge on any atom is -0.268 e. The van der Waals surface area contributed by atoms with Gasteiger partial charge in [0.1, 0.15) is 0 Å². The maximum atomic E-state index is 10.9. The van der Waals surface area contributed by atoms with E-state index in [1.54, 1.807) is 25.3 Å². The number of aromatic nitrogens is 1. The van der Waals surface area contributed by atoms with Gasteiger partial charge in [-0.1, -0.05) is 18.9 Å². The molecule has 0 spiro atoms. The van der Waals surface area contributed by atoms with Gasteiger partial charge in [-0.15, -0.1) is 0 Å². The van der Waals surface area contributed by atoms with Crippen LogP contribution in [0, 0.1) is 6.92 Å². The van der Waals surface area contributed by atoms with Gasteiger partial charge in [-0.2, -0.15) is 0 Å². The Bertz CT molecular complexity index is 243. The maximum Gasteiger partial charge on any atom is 0.263 e. The summed E-state index contributed by atoms with van der Waals surface area (Å²) in [6.07, 6.45) is 1.61. The third-order valence-corrected chi connectivity index (χ3v) is 1.43. The molecule has 2 nitrogen and oxygen atoms in total. The van der Waals surface area contributed by atoms with Crippen molar-refractivity contribution in [2.75, 3.05) is 0 Å². The summed E-state index contributed by atoms with van der Waals surface area (Å²) < 4.78 is 1.26. The van der Waals surface area contributed by atoms with Crippen molar-refractivity contribution in [2.24, 2.45) is 0 Å². The number of nitrogens with zero attached hydrogens (tertiary/aromatic N) is 1. The van der Waals surface area contributed by atoms with E-state index >= 15 is 0 Å². The highest BCUT2D eigenvalue weighted by molar-refractivity contribution is 7.78. The van der Waals surface area contributed by atoms with Crippen LogP contribution in [0.2, 0.25) is 0 Å². The van der Waals surface area contributed by atoms with Gasteiger partial charge in [-0.05, 0) is 13.0 Å². The second-order valence-electron chi connectivity index (χ2n) is 1.84. The van der Waals surface area contributed by atoms with Crippen LogP contribution >= 0.6 is 12.8 Å². The van der Waals surface area contributed by atoms with E-state index in [0.717, 1.165) is 0 Å². The molecule has 0 saturated heterocycles. The van der Waals surface area contributed by atoms with Gasteiger partial charge >= 0.3 is 0 Å². The lowest BCUT2D eigenvalue weighted by atomic mass is 10.3. The summed E-state index contributed by atoms with van der Waals surface area (Å²) in [5.41, 5.74) is 0.660. The lowest BCUT2D eigenvalue weighted by molar-refractivity contribution is 1.12. The van der Waals surface area contributed by atoms with Gasteiger partial charge < -0.3 is 0 Å². The average molecular weight is 141 g/mol. The Hall–Kier alpha value is -0.700. The summed E-state index contributed by atoms with van der Waals surface area (Å²) in [6.45, 7) is 1.76. The van der Waals surface area contributed by atoms with E-state index in [2.05, 4.69) is 12.8 Å². The van der Waals surface area contributed by atoms with E-state index in [0.29, 0.717) is 5.56 Å². The van der Waals surface area contributed by atoms with Crippen LogP contribution in [0.1, 0.15) is 5.56 Å². The Morgan fingerprint density at radius 3 is 2.78 bits per heavy atom. The van der Waals surface area contributed by atoms with Crippen molar-refractivity contribution in [3.8, 4) is 0 Å². The van der Waals surface area contributed by atoms with Gasteiger partial charge in [0.05, 0.1) is 0 Å². The van der Waals surface area contributed by atoms with Crippen molar-refractivity contribution in [3.63, 3.8) is 0 Å². The van der Waals surface area contributed by atoms with Crippen molar-refractivity contribution in [1.29, 1.82) is 0 Å². The van der Waals surface area contributed by atoms with Gasteiger partial charge in [0.15, 0.2) is 0 Å². The minimum absolute atomic E-state index is 0.0548. The largest absolute Gasteiger partial charge is 0.268 e. The molecule has 0 radical (unpaired) electrons. The zero-order chi connectivity index (χ0) is 6.85. The molecular weight excluding hydrogens is 134 g/mol. The fourth-order valence-electron chi connectivity index (χ4n) is 0.589. The first-order chi connectivity index (χ1) is 4.22. The third kappa shape index (κ3) is 1.16. The van der Waals surface area contributed by atoms with Gasteiger partial charge in [0.2, 0.25) is 0 Å². The molecule has 0 atom stereocenters. The highest BCUT2D eigenvalue weighted by Gasteiger charge is 1.90. The molecule has 0 saturated carbocycles. The topological polar surface area (TPSA) is 22.0 Å². The smallest absolute Gasteiger partial charge is 0.263 e. The Kier molecular flexibility index (Phi) is 1.62. The van der Waals surface area contributed by atoms with Crippen LogP contribution in [0.25, 0.3) is 0 Å². The standard InChI is InChI=1S/C6H7NOS/c1-5-3-2-4-7(9)6(5)8/h2-4,9H,1H3. The summed E-state index contributed by atoms with van der Waals surface area (Å²) in [7, 11) is 0. The van der Waals surface area contributed by atoms with Crippen molar-refractivity contribution >= 4 is 12.8 Å². The van der Waals surface area contributed by atoms with E-state index in [1.165, 1.54) is 3.97 Å². The van der Waals surface area contributed by atoms with Gasteiger partial charge in [0, 0.05) is 11.8 Å². The van der Waals surface area contributed by atoms with E-state index < -0.39 is 0 Å². The summed E-state index contributed by atoms with van der Waals surface area (Å²) in [5.74, 6) is 0. The van der Waals surface area contributed by atoms with E-state index in [1.807, 2.05) is 0 Å². The quantitative estimate of drug-likeness (QED) is 0.531. The molecule has 0 aliphatic heterocycles. The number of hydrogen-bond acceptors (Lipinski definition) is 2. The SMILES string of the molecule is Cc1cccn(S)c1=O. The number of pyridine rings is 1. The monoisotopic (exact) mass is 141 g/mol. The van der Waals surface area contributed by atoms with Gasteiger partial charge in [0.25, 0.3) is 5.56 Å². The second-order valence-corrected chi connectivity index (χ2v) is 2.27. The van der Waals surface area contributed by atoms with Crippen LogP contribution in [0.4, 0.5) is 0 Å². The first kappa shape index (κ1) is 6.42. The second kappa shape index (κ2) is 2.27. The molecule has 3 heteroatoms. The number of thiol groups is 1. The molecule has 48 valence electrons. The highest BCUT2D eigenvalue weighted by atomic mass is 32.1. The summed E-state index contributed by atoms with van der Waals surface area (Å²) in [4.78, 5) is 10.9. The molecule has 0 fully saturated rings. The normalized spacial score (nSPS) is 9.56. The molecule has 1 aromatic heterocycles. The molecule has 0 unspecified atom stereocenters. The Balaban J connectivity index is 3.43. The molecule has 1 rings (SSSR count). The van der Waals surface area contributed by atoms with Crippen LogP contribution in [0.3, 0.4) is 0 Å². The summed E-state index contributed by atoms with van der Waals surface area (Å²) in [6, 6.07) is 3.54. The first-order valence-electron chi connectivity index (χ1n) is 2.59. The Morgan fingerprint density at radius 1 is 1.67 bits per heavy atom. The first-order valence-corrected chi connectivity index (χ1v) is 2.99. The fraction of sp³-hybridized carbons (Fsp3) is 0.167. The summed E-state index contributed by atoms with van der Waals surface area (Å²) >= 11 is 3.87. The Labute approximate surface area is 58.7 Å². The predicted molar refractivity (Wildman–Crippen MR) is 39.8 cm³/mol. The zero-order valence-electron chi connectivity index (χ0n) is 5.03. The number of aryl methyl sites for hydroxylation is 1. The molecule has 0 aliphatic carbocycles. The van der Waals surface area contributed by atoms with Crippen LogP contribution in [-0.4, -0.2) is 3.97 Å². The molecule has 0 aromatic carbocycles. The third-order valence-electron chi connectivity index (χ3n) is 1.12. The van der Waals surface area contributed by atoms with Crippen molar-refractivity contribution < 1.29 is 0 Å². The lowest BCUT2D eigenvalue weighted by Gasteiger charge is -1.93. The van der Waals surface area contributed by atoms with Gasteiger partial charge in [-0.3, -0.25) is 8.77 Å². The van der Waals surface area contributed by atoms with Crippen molar-refractivity contribution in [3.05, 3.63) is 34.2 Å². The van der Waals surface area contributed by atoms with Crippen molar-refractivity contribution in [1.82, 2.24) is 3.97 Å². The van der Waals surface area contributed by atoms with E-state index in [9.17, 15) is 4.79 Å². The van der Waals surface area contributed by atoms with Crippen LogP contribution < -0.4 is 5.56 Å².